The first-order chi connectivity index (χ1) is 5.70. The molecule has 1 heterocycles. The first-order valence-corrected chi connectivity index (χ1v) is 4.68. The summed E-state index contributed by atoms with van der Waals surface area (Å²) in [7, 11) is 0. The molecular weight excluding hydrogens is 154 g/mol. The Morgan fingerprint density at radius 1 is 1.50 bits per heavy atom. The van der Waals surface area contributed by atoms with Crippen LogP contribution in [-0.4, -0.2) is 34.6 Å². The zero-order valence-electron chi connectivity index (χ0n) is 7.36. The van der Waals surface area contributed by atoms with E-state index in [2.05, 4.69) is 11.8 Å². The Kier molecular flexibility index (Phi) is 1.83. The molecule has 2 rings (SSSR count). The molecule has 1 aliphatic heterocycles. The first-order valence-electron chi connectivity index (χ1n) is 4.68. The summed E-state index contributed by atoms with van der Waals surface area (Å²) in [5, 5.41) is 8.81. The van der Waals surface area contributed by atoms with Gasteiger partial charge < -0.3 is 5.11 Å². The van der Waals surface area contributed by atoms with Gasteiger partial charge in [-0.25, -0.2) is 0 Å². The molecule has 1 aliphatic carbocycles. The van der Waals surface area contributed by atoms with Gasteiger partial charge in [0, 0.05) is 12.6 Å². The molecule has 0 aromatic carbocycles. The Morgan fingerprint density at radius 2 is 2.17 bits per heavy atom. The second-order valence-electron chi connectivity index (χ2n) is 3.96. The summed E-state index contributed by atoms with van der Waals surface area (Å²) in [5.74, 6) is 0.140. The summed E-state index contributed by atoms with van der Waals surface area (Å²) in [6.45, 7) is 3.14. The van der Waals surface area contributed by atoms with Gasteiger partial charge in [-0.1, -0.05) is 0 Å². The van der Waals surface area contributed by atoms with Crippen LogP contribution in [0.5, 0.6) is 0 Å². The molecule has 0 amide bonds. The van der Waals surface area contributed by atoms with Crippen molar-refractivity contribution in [2.75, 3.05) is 6.54 Å². The van der Waals surface area contributed by atoms with Crippen molar-refractivity contribution in [3.63, 3.8) is 0 Å². The molecule has 1 saturated carbocycles. The lowest BCUT2D eigenvalue weighted by atomic mass is 9.98. The summed E-state index contributed by atoms with van der Waals surface area (Å²) >= 11 is 0. The number of carboxylic acids is 1. The highest BCUT2D eigenvalue weighted by molar-refractivity contribution is 5.74. The van der Waals surface area contributed by atoms with Gasteiger partial charge in [-0.15, -0.1) is 0 Å². The smallest absolute Gasteiger partial charge is 0.320 e. The molecule has 1 saturated heterocycles. The van der Waals surface area contributed by atoms with Crippen molar-refractivity contribution in [2.45, 2.75) is 38.3 Å². The molecule has 68 valence electrons. The van der Waals surface area contributed by atoms with E-state index in [-0.39, 0.29) is 6.04 Å². The molecule has 2 atom stereocenters. The Labute approximate surface area is 72.4 Å². The third kappa shape index (κ3) is 1.22. The van der Waals surface area contributed by atoms with E-state index in [9.17, 15) is 4.79 Å². The van der Waals surface area contributed by atoms with E-state index >= 15 is 0 Å². The second-order valence-corrected chi connectivity index (χ2v) is 3.96. The van der Waals surface area contributed by atoms with Crippen LogP contribution in [0.2, 0.25) is 0 Å². The molecule has 2 fully saturated rings. The Hall–Kier alpha value is -0.570. The molecule has 2 unspecified atom stereocenters. The van der Waals surface area contributed by atoms with Crippen molar-refractivity contribution in [3.05, 3.63) is 0 Å². The molecule has 0 aromatic rings. The Morgan fingerprint density at radius 3 is 2.50 bits per heavy atom. The van der Waals surface area contributed by atoms with Gasteiger partial charge in [0.2, 0.25) is 0 Å². The van der Waals surface area contributed by atoms with Crippen LogP contribution in [0.25, 0.3) is 0 Å². The summed E-state index contributed by atoms with van der Waals surface area (Å²) in [4.78, 5) is 12.8. The molecular formula is C9H15NO2. The van der Waals surface area contributed by atoms with E-state index in [4.69, 9.17) is 5.11 Å². The number of likely N-dealkylation sites (tertiary alicyclic amines) is 1. The number of carbonyl (C=O) groups is 1. The Bertz CT molecular complexity index is 201. The minimum Gasteiger partial charge on any atom is -0.480 e. The third-order valence-electron chi connectivity index (χ3n) is 3.17. The number of rotatable bonds is 3. The SMILES string of the molecule is CC(C1CC1)N1CCC1C(=O)O. The van der Waals surface area contributed by atoms with Crippen molar-refractivity contribution in [1.29, 1.82) is 0 Å². The highest BCUT2D eigenvalue weighted by Crippen LogP contribution is 2.38. The number of hydrogen-bond acceptors (Lipinski definition) is 2. The fourth-order valence-corrected chi connectivity index (χ4v) is 2.01. The number of hydrogen-bond donors (Lipinski definition) is 1. The quantitative estimate of drug-likeness (QED) is 0.683. The van der Waals surface area contributed by atoms with Crippen molar-refractivity contribution >= 4 is 5.97 Å². The van der Waals surface area contributed by atoms with Crippen LogP contribution in [0.3, 0.4) is 0 Å². The zero-order chi connectivity index (χ0) is 8.72. The molecule has 0 radical (unpaired) electrons. The topological polar surface area (TPSA) is 40.5 Å². The van der Waals surface area contributed by atoms with Gasteiger partial charge in [0.05, 0.1) is 0 Å². The van der Waals surface area contributed by atoms with Gasteiger partial charge in [0.25, 0.3) is 0 Å². The van der Waals surface area contributed by atoms with E-state index in [1.165, 1.54) is 12.8 Å². The lowest BCUT2D eigenvalue weighted by molar-refractivity contribution is -0.150. The third-order valence-corrected chi connectivity index (χ3v) is 3.17. The maximum absolute atomic E-state index is 10.7. The zero-order valence-corrected chi connectivity index (χ0v) is 7.36. The summed E-state index contributed by atoms with van der Waals surface area (Å²) in [6, 6.07) is 0.320. The largest absolute Gasteiger partial charge is 0.480 e. The average Bonchev–Trinajstić information content (AvgIpc) is 2.62. The van der Waals surface area contributed by atoms with Crippen LogP contribution >= 0.6 is 0 Å². The minimum atomic E-state index is -0.645. The van der Waals surface area contributed by atoms with E-state index in [0.29, 0.717) is 6.04 Å². The molecule has 3 nitrogen and oxygen atoms in total. The minimum absolute atomic E-state index is 0.180. The summed E-state index contributed by atoms with van der Waals surface area (Å²) < 4.78 is 0. The van der Waals surface area contributed by atoms with E-state index in [1.54, 1.807) is 0 Å². The van der Waals surface area contributed by atoms with Crippen molar-refractivity contribution in [3.8, 4) is 0 Å². The van der Waals surface area contributed by atoms with Gasteiger partial charge in [0.1, 0.15) is 6.04 Å². The van der Waals surface area contributed by atoms with Crippen molar-refractivity contribution in [2.24, 2.45) is 5.92 Å². The van der Waals surface area contributed by atoms with Crippen LogP contribution < -0.4 is 0 Å². The maximum atomic E-state index is 10.7. The van der Waals surface area contributed by atoms with Gasteiger partial charge in [-0.3, -0.25) is 9.69 Å². The predicted octanol–water partition coefficient (Wildman–Crippen LogP) is 0.944. The number of aliphatic carboxylic acids is 1. The average molecular weight is 169 g/mol. The number of carboxylic acid groups (broad SMARTS) is 1. The van der Waals surface area contributed by atoms with Crippen LogP contribution in [-0.2, 0) is 4.79 Å². The second kappa shape index (κ2) is 2.73. The highest BCUT2D eigenvalue weighted by Gasteiger charge is 2.42. The Balaban J connectivity index is 1.91. The van der Waals surface area contributed by atoms with Crippen LogP contribution in [0.15, 0.2) is 0 Å². The van der Waals surface area contributed by atoms with E-state index in [0.717, 1.165) is 18.9 Å². The number of nitrogens with zero attached hydrogens (tertiary/aromatic N) is 1. The summed E-state index contributed by atoms with van der Waals surface area (Å²) in [5.41, 5.74) is 0. The maximum Gasteiger partial charge on any atom is 0.320 e. The highest BCUT2D eigenvalue weighted by atomic mass is 16.4. The monoisotopic (exact) mass is 169 g/mol. The molecule has 0 aromatic heterocycles. The van der Waals surface area contributed by atoms with Crippen LogP contribution in [0, 0.1) is 5.92 Å². The van der Waals surface area contributed by atoms with Crippen molar-refractivity contribution < 1.29 is 9.90 Å². The lowest BCUT2D eigenvalue weighted by Gasteiger charge is -2.42. The molecule has 0 spiro atoms. The van der Waals surface area contributed by atoms with Gasteiger partial charge in [0.15, 0.2) is 0 Å². The standard InChI is InChI=1S/C9H15NO2/c1-6(7-2-3-7)10-5-4-8(10)9(11)12/h6-8H,2-5H2,1H3,(H,11,12). The molecule has 2 aliphatic rings. The van der Waals surface area contributed by atoms with Crippen molar-refractivity contribution in [1.82, 2.24) is 4.90 Å². The molecule has 3 heteroatoms. The van der Waals surface area contributed by atoms with Crippen LogP contribution in [0.1, 0.15) is 26.2 Å². The van der Waals surface area contributed by atoms with Gasteiger partial charge >= 0.3 is 5.97 Å². The van der Waals surface area contributed by atoms with Gasteiger partial charge in [-0.2, -0.15) is 0 Å². The molecule has 1 N–H and O–H groups in total. The van der Waals surface area contributed by atoms with E-state index in [1.807, 2.05) is 0 Å². The summed E-state index contributed by atoms with van der Waals surface area (Å²) in [6.07, 6.45) is 3.43. The fraction of sp³-hybridized carbons (Fsp3) is 0.889. The molecule has 0 bridgehead atoms. The lowest BCUT2D eigenvalue weighted by Crippen LogP contribution is -2.56. The van der Waals surface area contributed by atoms with Crippen LogP contribution in [0.4, 0.5) is 0 Å². The molecule has 12 heavy (non-hydrogen) atoms. The normalized spacial score (nSPS) is 32.6. The first kappa shape index (κ1) is 8.05. The fourth-order valence-electron chi connectivity index (χ4n) is 2.01. The van der Waals surface area contributed by atoms with Gasteiger partial charge in [-0.05, 0) is 32.1 Å². The predicted molar refractivity (Wildman–Crippen MR) is 44.9 cm³/mol. The van der Waals surface area contributed by atoms with E-state index < -0.39 is 5.97 Å².